The van der Waals surface area contributed by atoms with Crippen LogP contribution in [0.25, 0.3) is 0 Å². The standard InChI is InChI=1S/C18H21N3O3/c1-10-16(12(3)23)11(2)20-17(10)18(24)21-14(9-22)5-4-13-8-19-7-6-15(13)21/h6-8,14,20,22H,4-5,9H2,1-3H3. The van der Waals surface area contributed by atoms with Crippen LogP contribution in [0.3, 0.4) is 0 Å². The number of H-pyrrole nitrogens is 1. The van der Waals surface area contributed by atoms with E-state index < -0.39 is 0 Å². The van der Waals surface area contributed by atoms with Crippen molar-refractivity contribution in [2.45, 2.75) is 39.7 Å². The van der Waals surface area contributed by atoms with Crippen molar-refractivity contribution in [1.82, 2.24) is 9.97 Å². The number of ketones is 1. The molecule has 2 aromatic rings. The summed E-state index contributed by atoms with van der Waals surface area (Å²) in [5.74, 6) is -0.295. The minimum Gasteiger partial charge on any atom is -0.394 e. The normalized spacial score (nSPS) is 16.8. The highest BCUT2D eigenvalue weighted by Crippen LogP contribution is 2.32. The maximum absolute atomic E-state index is 13.2. The summed E-state index contributed by atoms with van der Waals surface area (Å²) in [6, 6.07) is 1.52. The second-order valence-electron chi connectivity index (χ2n) is 6.24. The van der Waals surface area contributed by atoms with E-state index in [0.717, 1.165) is 17.7 Å². The number of pyridine rings is 1. The van der Waals surface area contributed by atoms with Gasteiger partial charge in [-0.2, -0.15) is 0 Å². The molecular weight excluding hydrogens is 306 g/mol. The molecule has 0 saturated carbocycles. The first-order valence-electron chi connectivity index (χ1n) is 8.03. The lowest BCUT2D eigenvalue weighted by Crippen LogP contribution is -2.46. The van der Waals surface area contributed by atoms with E-state index in [0.29, 0.717) is 28.9 Å². The molecular formula is C18H21N3O3. The molecule has 126 valence electrons. The van der Waals surface area contributed by atoms with Gasteiger partial charge in [-0.05, 0) is 50.8 Å². The topological polar surface area (TPSA) is 86.3 Å². The average molecular weight is 327 g/mol. The van der Waals surface area contributed by atoms with Crippen LogP contribution in [0.5, 0.6) is 0 Å². The summed E-state index contributed by atoms with van der Waals surface area (Å²) in [5, 5.41) is 9.73. The fourth-order valence-corrected chi connectivity index (χ4v) is 3.56. The SMILES string of the molecule is CC(=O)c1c(C)[nH]c(C(=O)N2c3ccncc3CCC2CO)c1C. The first kappa shape index (κ1) is 16.4. The van der Waals surface area contributed by atoms with Gasteiger partial charge in [0.2, 0.25) is 0 Å². The van der Waals surface area contributed by atoms with Crippen molar-refractivity contribution in [3.63, 3.8) is 0 Å². The summed E-state index contributed by atoms with van der Waals surface area (Å²) in [6.07, 6.45) is 4.86. The molecule has 0 bridgehead atoms. The summed E-state index contributed by atoms with van der Waals surface area (Å²) in [7, 11) is 0. The van der Waals surface area contributed by atoms with E-state index in [1.807, 2.05) is 0 Å². The quantitative estimate of drug-likeness (QED) is 0.846. The van der Waals surface area contributed by atoms with Gasteiger partial charge in [0, 0.05) is 23.7 Å². The molecule has 1 aliphatic heterocycles. The zero-order valence-electron chi connectivity index (χ0n) is 14.1. The molecule has 2 aromatic heterocycles. The smallest absolute Gasteiger partial charge is 0.275 e. The Hall–Kier alpha value is -2.47. The van der Waals surface area contributed by atoms with Gasteiger partial charge < -0.3 is 15.0 Å². The van der Waals surface area contributed by atoms with Crippen molar-refractivity contribution < 1.29 is 14.7 Å². The van der Waals surface area contributed by atoms with Crippen LogP contribution in [-0.4, -0.2) is 39.4 Å². The minimum absolute atomic E-state index is 0.0674. The molecule has 0 saturated heterocycles. The van der Waals surface area contributed by atoms with E-state index in [1.165, 1.54) is 6.92 Å². The Balaban J connectivity index is 2.09. The molecule has 3 rings (SSSR count). The van der Waals surface area contributed by atoms with Gasteiger partial charge in [0.25, 0.3) is 5.91 Å². The molecule has 1 aliphatic rings. The number of aryl methyl sites for hydroxylation is 2. The second kappa shape index (κ2) is 6.20. The molecule has 1 amide bonds. The molecule has 3 heterocycles. The number of rotatable bonds is 3. The zero-order chi connectivity index (χ0) is 17.4. The summed E-state index contributed by atoms with van der Waals surface area (Å²) >= 11 is 0. The number of anilines is 1. The molecule has 6 nitrogen and oxygen atoms in total. The van der Waals surface area contributed by atoms with E-state index in [9.17, 15) is 14.7 Å². The Morgan fingerprint density at radius 2 is 2.17 bits per heavy atom. The molecule has 2 N–H and O–H groups in total. The predicted molar refractivity (Wildman–Crippen MR) is 90.5 cm³/mol. The van der Waals surface area contributed by atoms with Gasteiger partial charge in [0.1, 0.15) is 5.69 Å². The number of carbonyl (C=O) groups is 2. The van der Waals surface area contributed by atoms with E-state index in [4.69, 9.17) is 0 Å². The van der Waals surface area contributed by atoms with Crippen LogP contribution < -0.4 is 4.90 Å². The predicted octanol–water partition coefficient (Wildman–Crippen LogP) is 2.18. The van der Waals surface area contributed by atoms with Crippen molar-refractivity contribution in [2.24, 2.45) is 0 Å². The van der Waals surface area contributed by atoms with Crippen LogP contribution in [0.15, 0.2) is 18.5 Å². The third-order valence-electron chi connectivity index (χ3n) is 4.68. The minimum atomic E-state index is -0.281. The molecule has 0 aliphatic carbocycles. The average Bonchev–Trinajstić information content (AvgIpc) is 2.87. The lowest BCUT2D eigenvalue weighted by Gasteiger charge is -2.36. The van der Waals surface area contributed by atoms with Gasteiger partial charge in [0.15, 0.2) is 5.78 Å². The van der Waals surface area contributed by atoms with Crippen LogP contribution in [0.1, 0.15) is 51.0 Å². The lowest BCUT2D eigenvalue weighted by atomic mass is 9.96. The maximum atomic E-state index is 13.2. The fraction of sp³-hybridized carbons (Fsp3) is 0.389. The zero-order valence-corrected chi connectivity index (χ0v) is 14.1. The van der Waals surface area contributed by atoms with Gasteiger partial charge in [-0.3, -0.25) is 14.6 Å². The number of nitrogens with zero attached hydrogens (tertiary/aromatic N) is 2. The Kier molecular flexibility index (Phi) is 4.24. The van der Waals surface area contributed by atoms with E-state index in [-0.39, 0.29) is 24.3 Å². The number of aromatic nitrogens is 2. The molecule has 24 heavy (non-hydrogen) atoms. The van der Waals surface area contributed by atoms with Crippen LogP contribution in [0.4, 0.5) is 5.69 Å². The number of hydrogen-bond acceptors (Lipinski definition) is 4. The second-order valence-corrected chi connectivity index (χ2v) is 6.24. The van der Waals surface area contributed by atoms with Gasteiger partial charge in [-0.1, -0.05) is 0 Å². The summed E-state index contributed by atoms with van der Waals surface area (Å²) in [6.45, 7) is 4.96. The molecule has 0 fully saturated rings. The number of Topliss-reactive ketones (excluding diaryl/α,β-unsaturated/α-hetero) is 1. The first-order valence-corrected chi connectivity index (χ1v) is 8.03. The van der Waals surface area contributed by atoms with Crippen LogP contribution in [0.2, 0.25) is 0 Å². The summed E-state index contributed by atoms with van der Waals surface area (Å²) in [5.41, 5.74) is 4.07. The summed E-state index contributed by atoms with van der Waals surface area (Å²) in [4.78, 5) is 33.8. The fourth-order valence-electron chi connectivity index (χ4n) is 3.56. The van der Waals surface area contributed by atoms with Crippen LogP contribution in [0, 0.1) is 13.8 Å². The highest BCUT2D eigenvalue weighted by molar-refractivity contribution is 6.09. The third kappa shape index (κ3) is 2.53. The molecule has 6 heteroatoms. The van der Waals surface area contributed by atoms with Crippen molar-refractivity contribution >= 4 is 17.4 Å². The first-order chi connectivity index (χ1) is 11.5. The van der Waals surface area contributed by atoms with E-state index in [2.05, 4.69) is 9.97 Å². The maximum Gasteiger partial charge on any atom is 0.275 e. The molecule has 0 aromatic carbocycles. The number of hydrogen-bond donors (Lipinski definition) is 2. The molecule has 1 unspecified atom stereocenters. The number of fused-ring (bicyclic) bond motifs is 1. The van der Waals surface area contributed by atoms with Crippen LogP contribution in [-0.2, 0) is 6.42 Å². The van der Waals surface area contributed by atoms with Gasteiger partial charge >= 0.3 is 0 Å². The lowest BCUT2D eigenvalue weighted by molar-refractivity contribution is 0.0953. The number of aromatic amines is 1. The molecule has 0 radical (unpaired) electrons. The molecule has 1 atom stereocenters. The van der Waals surface area contributed by atoms with Crippen molar-refractivity contribution in [2.75, 3.05) is 11.5 Å². The Morgan fingerprint density at radius 1 is 1.42 bits per heavy atom. The Labute approximate surface area is 140 Å². The monoisotopic (exact) mass is 327 g/mol. The van der Waals surface area contributed by atoms with E-state index >= 15 is 0 Å². The van der Waals surface area contributed by atoms with Gasteiger partial charge in [0.05, 0.1) is 18.3 Å². The highest BCUT2D eigenvalue weighted by atomic mass is 16.3. The third-order valence-corrected chi connectivity index (χ3v) is 4.68. The van der Waals surface area contributed by atoms with Crippen molar-refractivity contribution in [1.29, 1.82) is 0 Å². The van der Waals surface area contributed by atoms with Crippen LogP contribution >= 0.6 is 0 Å². The molecule has 0 spiro atoms. The Morgan fingerprint density at radius 3 is 2.79 bits per heavy atom. The number of amides is 1. The number of nitrogens with one attached hydrogen (secondary N) is 1. The number of aliphatic hydroxyl groups excluding tert-OH is 1. The number of aliphatic hydroxyl groups is 1. The largest absolute Gasteiger partial charge is 0.394 e. The van der Waals surface area contributed by atoms with Crippen molar-refractivity contribution in [3.8, 4) is 0 Å². The van der Waals surface area contributed by atoms with E-state index in [1.54, 1.807) is 37.2 Å². The van der Waals surface area contributed by atoms with Crippen molar-refractivity contribution in [3.05, 3.63) is 46.5 Å². The highest BCUT2D eigenvalue weighted by Gasteiger charge is 2.33. The Bertz CT molecular complexity index is 810. The van der Waals surface area contributed by atoms with Gasteiger partial charge in [-0.25, -0.2) is 0 Å². The summed E-state index contributed by atoms with van der Waals surface area (Å²) < 4.78 is 0. The van der Waals surface area contributed by atoms with Gasteiger partial charge in [-0.15, -0.1) is 0 Å². The number of carbonyl (C=O) groups excluding carboxylic acids is 2.